The van der Waals surface area contributed by atoms with Crippen molar-refractivity contribution in [3.63, 3.8) is 0 Å². The SMILES string of the molecule is CC(=O)c1cccs1.COCc1ccccc1.CSc1cccs1.Cc1cccs1. The fourth-order valence-electron chi connectivity index (χ4n) is 1.96. The Morgan fingerprint density at radius 3 is 1.83 bits per heavy atom. The van der Waals surface area contributed by atoms with Crippen LogP contribution in [0.1, 0.15) is 27.0 Å². The van der Waals surface area contributed by atoms with Crippen LogP contribution in [0.15, 0.2) is 87.1 Å². The summed E-state index contributed by atoms with van der Waals surface area (Å²) in [5, 5.41) is 6.07. The number of ether oxygens (including phenoxy) is 1. The maximum atomic E-state index is 10.5. The highest BCUT2D eigenvalue weighted by Crippen LogP contribution is 2.19. The smallest absolute Gasteiger partial charge is 0.169 e. The lowest BCUT2D eigenvalue weighted by atomic mass is 10.2. The second-order valence-corrected chi connectivity index (χ2v) is 9.97. The number of ketones is 1. The zero-order chi connectivity index (χ0) is 22.0. The number of benzene rings is 1. The van der Waals surface area contributed by atoms with Gasteiger partial charge in [0.2, 0.25) is 0 Å². The molecule has 0 radical (unpaired) electrons. The van der Waals surface area contributed by atoms with E-state index in [0.29, 0.717) is 6.61 Å². The number of hydrogen-bond acceptors (Lipinski definition) is 6. The average molecular weight is 477 g/mol. The van der Waals surface area contributed by atoms with Gasteiger partial charge in [-0.15, -0.1) is 45.8 Å². The first-order valence-corrected chi connectivity index (χ1v) is 13.1. The van der Waals surface area contributed by atoms with Gasteiger partial charge in [-0.2, -0.15) is 0 Å². The molecule has 1 aromatic carbocycles. The van der Waals surface area contributed by atoms with Gasteiger partial charge >= 0.3 is 0 Å². The molecule has 2 nitrogen and oxygen atoms in total. The third kappa shape index (κ3) is 12.8. The van der Waals surface area contributed by atoms with E-state index in [9.17, 15) is 4.79 Å². The van der Waals surface area contributed by atoms with Crippen LogP contribution in [0.3, 0.4) is 0 Å². The third-order valence-corrected chi connectivity index (χ3v) is 7.14. The van der Waals surface area contributed by atoms with E-state index in [1.165, 1.54) is 26.0 Å². The fourth-order valence-corrected chi connectivity index (χ4v) is 4.33. The Morgan fingerprint density at radius 1 is 0.867 bits per heavy atom. The van der Waals surface area contributed by atoms with Crippen LogP contribution in [-0.2, 0) is 11.3 Å². The number of Topliss-reactive ketones (excluding diaryl/α,β-unsaturated/α-hetero) is 1. The quantitative estimate of drug-likeness (QED) is 0.219. The molecule has 0 unspecified atom stereocenters. The van der Waals surface area contributed by atoms with Gasteiger partial charge in [0.05, 0.1) is 15.7 Å². The summed E-state index contributed by atoms with van der Waals surface area (Å²) in [4.78, 5) is 12.7. The van der Waals surface area contributed by atoms with Gasteiger partial charge in [-0.1, -0.05) is 48.5 Å². The summed E-state index contributed by atoms with van der Waals surface area (Å²) in [7, 11) is 1.70. The molecule has 0 spiro atoms. The first-order chi connectivity index (χ1) is 14.6. The highest BCUT2D eigenvalue weighted by molar-refractivity contribution is 8.00. The van der Waals surface area contributed by atoms with Crippen molar-refractivity contribution in [2.45, 2.75) is 24.7 Å². The van der Waals surface area contributed by atoms with Crippen LogP contribution in [0.2, 0.25) is 0 Å². The van der Waals surface area contributed by atoms with E-state index in [2.05, 4.69) is 48.2 Å². The lowest BCUT2D eigenvalue weighted by Crippen LogP contribution is -1.84. The lowest BCUT2D eigenvalue weighted by Gasteiger charge is -1.95. The standard InChI is InChI=1S/C8H10O.C6H6OS.C5H6S2.C5H6S/c1-9-7-8-5-3-2-4-6-8;1-5(7)6-3-2-4-8-6;1-6-5-3-2-4-7-5;1-5-3-2-4-6-5/h2-6H,7H2,1H3;2-4H,1H3;2-4H,1H3;2-4H,1H3. The van der Waals surface area contributed by atoms with Crippen LogP contribution >= 0.6 is 45.8 Å². The summed E-state index contributed by atoms with van der Waals surface area (Å²) >= 11 is 6.84. The molecule has 4 rings (SSSR count). The van der Waals surface area contributed by atoms with Gasteiger partial charge in [0.15, 0.2) is 5.78 Å². The van der Waals surface area contributed by atoms with Crippen molar-refractivity contribution in [3.8, 4) is 0 Å². The Kier molecular flexibility index (Phi) is 14.9. The van der Waals surface area contributed by atoms with E-state index in [-0.39, 0.29) is 5.78 Å². The second kappa shape index (κ2) is 17.0. The molecule has 0 fully saturated rings. The minimum atomic E-state index is 0.153. The number of carbonyl (C=O) groups excluding carboxylic acids is 1. The van der Waals surface area contributed by atoms with E-state index in [0.717, 1.165) is 4.88 Å². The van der Waals surface area contributed by atoms with Gasteiger partial charge in [-0.3, -0.25) is 4.79 Å². The Labute approximate surface area is 196 Å². The molecule has 4 aromatic rings. The minimum absolute atomic E-state index is 0.153. The topological polar surface area (TPSA) is 26.3 Å². The predicted octanol–water partition coefficient (Wildman–Crippen LogP) is 8.31. The number of carbonyl (C=O) groups is 1. The summed E-state index contributed by atoms with van der Waals surface area (Å²) in [6, 6.07) is 22.2. The van der Waals surface area contributed by atoms with Gasteiger partial charge in [-0.05, 0) is 60.0 Å². The minimum Gasteiger partial charge on any atom is -0.380 e. The van der Waals surface area contributed by atoms with Gasteiger partial charge in [0.25, 0.3) is 0 Å². The van der Waals surface area contributed by atoms with E-state index in [1.54, 1.807) is 48.5 Å². The molecule has 0 N–H and O–H groups in total. The molecule has 0 saturated carbocycles. The normalized spacial score (nSPS) is 9.20. The first-order valence-electron chi connectivity index (χ1n) is 9.21. The summed E-state index contributed by atoms with van der Waals surface area (Å²) in [6.07, 6.45) is 2.09. The molecule has 0 bridgehead atoms. The van der Waals surface area contributed by atoms with Crippen LogP contribution in [0, 0.1) is 6.92 Å². The van der Waals surface area contributed by atoms with Gasteiger partial charge < -0.3 is 4.74 Å². The summed E-state index contributed by atoms with van der Waals surface area (Å²) in [6.45, 7) is 4.39. The first kappa shape index (κ1) is 26.3. The van der Waals surface area contributed by atoms with E-state index in [1.807, 2.05) is 47.8 Å². The average Bonchev–Trinajstić information content (AvgIpc) is 3.53. The molecule has 3 aromatic heterocycles. The van der Waals surface area contributed by atoms with Crippen molar-refractivity contribution in [2.75, 3.05) is 13.4 Å². The summed E-state index contributed by atoms with van der Waals surface area (Å²) in [5.74, 6) is 0.153. The van der Waals surface area contributed by atoms with E-state index in [4.69, 9.17) is 4.74 Å². The molecule has 0 atom stereocenters. The fraction of sp³-hybridized carbons (Fsp3) is 0.208. The highest BCUT2D eigenvalue weighted by atomic mass is 32.2. The maximum Gasteiger partial charge on any atom is 0.169 e. The number of aryl methyl sites for hydroxylation is 1. The molecule has 160 valence electrons. The largest absolute Gasteiger partial charge is 0.380 e. The molecule has 0 aliphatic carbocycles. The van der Waals surface area contributed by atoms with Crippen molar-refractivity contribution in [1.82, 2.24) is 0 Å². The van der Waals surface area contributed by atoms with Gasteiger partial charge in [-0.25, -0.2) is 0 Å². The Balaban J connectivity index is 0.000000202. The van der Waals surface area contributed by atoms with Gasteiger partial charge in [0, 0.05) is 12.0 Å². The van der Waals surface area contributed by atoms with Crippen LogP contribution in [0.25, 0.3) is 0 Å². The molecular formula is C24H28O2S4. The lowest BCUT2D eigenvalue weighted by molar-refractivity contribution is 0.102. The number of thiophene rings is 3. The molecule has 0 aliphatic rings. The Morgan fingerprint density at radius 2 is 1.50 bits per heavy atom. The van der Waals surface area contributed by atoms with Gasteiger partial charge in [0.1, 0.15) is 0 Å². The highest BCUT2D eigenvalue weighted by Gasteiger charge is 1.95. The zero-order valence-electron chi connectivity index (χ0n) is 17.7. The van der Waals surface area contributed by atoms with Crippen LogP contribution in [0.4, 0.5) is 0 Å². The van der Waals surface area contributed by atoms with Crippen molar-refractivity contribution < 1.29 is 9.53 Å². The number of thioether (sulfide) groups is 1. The van der Waals surface area contributed by atoms with Crippen LogP contribution in [-0.4, -0.2) is 19.1 Å². The summed E-state index contributed by atoms with van der Waals surface area (Å²) < 4.78 is 6.32. The monoisotopic (exact) mass is 476 g/mol. The van der Waals surface area contributed by atoms with E-state index >= 15 is 0 Å². The van der Waals surface area contributed by atoms with Crippen molar-refractivity contribution in [3.05, 3.63) is 98.2 Å². The summed E-state index contributed by atoms with van der Waals surface area (Å²) in [5.41, 5.74) is 1.22. The van der Waals surface area contributed by atoms with Crippen molar-refractivity contribution >= 4 is 51.6 Å². The zero-order valence-corrected chi connectivity index (χ0v) is 21.0. The Bertz CT molecular complexity index is 869. The molecule has 3 heterocycles. The number of rotatable bonds is 4. The molecular weight excluding hydrogens is 449 g/mol. The molecule has 0 amide bonds. The predicted molar refractivity (Wildman–Crippen MR) is 137 cm³/mol. The second-order valence-electron chi connectivity index (χ2n) is 5.81. The molecule has 30 heavy (non-hydrogen) atoms. The number of hydrogen-bond donors (Lipinski definition) is 0. The molecule has 6 heteroatoms. The molecule has 0 aliphatic heterocycles. The van der Waals surface area contributed by atoms with Crippen LogP contribution < -0.4 is 0 Å². The van der Waals surface area contributed by atoms with Crippen molar-refractivity contribution in [2.24, 2.45) is 0 Å². The molecule has 0 saturated heterocycles. The van der Waals surface area contributed by atoms with E-state index < -0.39 is 0 Å². The third-order valence-electron chi connectivity index (χ3n) is 3.38. The number of methoxy groups -OCH3 is 1. The van der Waals surface area contributed by atoms with Crippen LogP contribution in [0.5, 0.6) is 0 Å². The maximum absolute atomic E-state index is 10.5. The Hall–Kier alpha value is -1.70. The van der Waals surface area contributed by atoms with Crippen molar-refractivity contribution in [1.29, 1.82) is 0 Å².